The van der Waals surface area contributed by atoms with Gasteiger partial charge in [0.1, 0.15) is 5.60 Å². The monoisotopic (exact) mass is 270 g/mol. The second-order valence-electron chi connectivity index (χ2n) is 4.23. The summed E-state index contributed by atoms with van der Waals surface area (Å²) in [6.45, 7) is -0.321. The number of rotatable bonds is 7. The van der Waals surface area contributed by atoms with E-state index in [0.29, 0.717) is 0 Å². The summed E-state index contributed by atoms with van der Waals surface area (Å²) in [5, 5.41) is 63.8. The highest BCUT2D eigenvalue weighted by atomic mass is 16.4. The number of hydrogen-bond acceptors (Lipinski definition) is 7. The number of aliphatic hydroxyl groups is 7. The molecular formula is C11H26O7. The quantitative estimate of drug-likeness (QED) is 0.270. The van der Waals surface area contributed by atoms with Gasteiger partial charge >= 0.3 is 0 Å². The summed E-state index contributed by atoms with van der Waals surface area (Å²) in [6.07, 6.45) is -0.420. The van der Waals surface area contributed by atoms with Crippen molar-refractivity contribution in [3.05, 3.63) is 0 Å². The Labute approximate surface area is 107 Å². The molecule has 18 heavy (non-hydrogen) atoms. The van der Waals surface area contributed by atoms with E-state index in [0.717, 1.165) is 0 Å². The van der Waals surface area contributed by atoms with Gasteiger partial charge in [-0.2, -0.15) is 0 Å². The molecule has 0 rings (SSSR count). The molecule has 0 radical (unpaired) electrons. The molecule has 1 atom stereocenters. The zero-order chi connectivity index (χ0) is 14.8. The summed E-state index contributed by atoms with van der Waals surface area (Å²) in [4.78, 5) is 0. The van der Waals surface area contributed by atoms with Crippen molar-refractivity contribution in [2.45, 2.75) is 32.0 Å². The number of aliphatic hydroxyl groups excluding tert-OH is 6. The molecule has 0 spiro atoms. The SMILES string of the molecule is CCC.OCC(O)C(CO)(CO)C(O)(CO)CO. The lowest BCUT2D eigenvalue weighted by molar-refractivity contribution is -0.220. The fourth-order valence-electron chi connectivity index (χ4n) is 1.40. The van der Waals surface area contributed by atoms with Gasteiger partial charge in [0, 0.05) is 0 Å². The minimum atomic E-state index is -2.28. The third-order valence-electron chi connectivity index (χ3n) is 2.83. The third-order valence-corrected chi connectivity index (χ3v) is 2.83. The van der Waals surface area contributed by atoms with E-state index in [2.05, 4.69) is 13.8 Å². The van der Waals surface area contributed by atoms with E-state index in [4.69, 9.17) is 25.5 Å². The van der Waals surface area contributed by atoms with Crippen LogP contribution >= 0.6 is 0 Å². The van der Waals surface area contributed by atoms with Gasteiger partial charge in [-0.3, -0.25) is 0 Å². The van der Waals surface area contributed by atoms with E-state index in [1.807, 2.05) is 0 Å². The highest BCUT2D eigenvalue weighted by Crippen LogP contribution is 2.34. The van der Waals surface area contributed by atoms with Crippen molar-refractivity contribution in [2.75, 3.05) is 33.0 Å². The molecule has 7 heteroatoms. The van der Waals surface area contributed by atoms with E-state index in [1.54, 1.807) is 0 Å². The van der Waals surface area contributed by atoms with Crippen LogP contribution in [0.15, 0.2) is 0 Å². The molecule has 0 aliphatic rings. The second kappa shape index (κ2) is 9.62. The van der Waals surface area contributed by atoms with Gasteiger partial charge < -0.3 is 35.7 Å². The summed E-state index contributed by atoms with van der Waals surface area (Å²) in [5.41, 5.74) is -4.26. The molecule has 0 aliphatic carbocycles. The largest absolute Gasteiger partial charge is 0.395 e. The number of hydrogen-bond donors (Lipinski definition) is 7. The van der Waals surface area contributed by atoms with Crippen LogP contribution in [0.2, 0.25) is 0 Å². The first-order chi connectivity index (χ1) is 8.39. The van der Waals surface area contributed by atoms with Crippen molar-refractivity contribution >= 4 is 0 Å². The van der Waals surface area contributed by atoms with E-state index in [1.165, 1.54) is 6.42 Å². The maximum atomic E-state index is 9.75. The van der Waals surface area contributed by atoms with Crippen molar-refractivity contribution in [2.24, 2.45) is 5.41 Å². The lowest BCUT2D eigenvalue weighted by atomic mass is 9.69. The van der Waals surface area contributed by atoms with Crippen LogP contribution in [-0.2, 0) is 0 Å². The molecule has 0 heterocycles. The van der Waals surface area contributed by atoms with Crippen LogP contribution in [0, 0.1) is 5.41 Å². The molecular weight excluding hydrogens is 244 g/mol. The fraction of sp³-hybridized carbons (Fsp3) is 1.00. The molecule has 7 N–H and O–H groups in total. The molecule has 112 valence electrons. The summed E-state index contributed by atoms with van der Waals surface area (Å²) < 4.78 is 0. The van der Waals surface area contributed by atoms with Gasteiger partial charge in [0.05, 0.1) is 44.6 Å². The van der Waals surface area contributed by atoms with Crippen LogP contribution in [0.3, 0.4) is 0 Å². The summed E-state index contributed by atoms with van der Waals surface area (Å²) >= 11 is 0. The van der Waals surface area contributed by atoms with Gasteiger partial charge in [0.2, 0.25) is 0 Å². The van der Waals surface area contributed by atoms with Crippen LogP contribution in [0.25, 0.3) is 0 Å². The minimum Gasteiger partial charge on any atom is -0.395 e. The smallest absolute Gasteiger partial charge is 0.123 e. The first-order valence-corrected chi connectivity index (χ1v) is 5.84. The third kappa shape index (κ3) is 4.13. The molecule has 0 saturated carbocycles. The standard InChI is InChI=1S/C8H18O7.C3H8/c9-1-6(14)7(2-10,3-11)8(15,4-12)5-13;1-3-2/h6,9-15H,1-5H2;3H2,1-2H3. The average molecular weight is 270 g/mol. The van der Waals surface area contributed by atoms with Crippen LogP contribution in [0.1, 0.15) is 20.3 Å². The molecule has 0 aromatic heterocycles. The zero-order valence-corrected chi connectivity index (χ0v) is 11.0. The van der Waals surface area contributed by atoms with Gasteiger partial charge in [0.25, 0.3) is 0 Å². The Morgan fingerprint density at radius 3 is 1.33 bits per heavy atom. The molecule has 7 nitrogen and oxygen atoms in total. The highest BCUT2D eigenvalue weighted by molar-refractivity contribution is 5.02. The molecule has 0 aromatic carbocycles. The highest BCUT2D eigenvalue weighted by Gasteiger charge is 2.54. The first-order valence-electron chi connectivity index (χ1n) is 5.84. The van der Waals surface area contributed by atoms with Crippen molar-refractivity contribution in [1.82, 2.24) is 0 Å². The Kier molecular flexibility index (Phi) is 10.7. The van der Waals surface area contributed by atoms with Crippen molar-refractivity contribution < 1.29 is 35.7 Å². The van der Waals surface area contributed by atoms with Crippen LogP contribution in [-0.4, -0.2) is 80.5 Å². The van der Waals surface area contributed by atoms with E-state index in [-0.39, 0.29) is 0 Å². The van der Waals surface area contributed by atoms with E-state index in [9.17, 15) is 10.2 Å². The lowest BCUT2D eigenvalue weighted by Crippen LogP contribution is -2.64. The Morgan fingerprint density at radius 2 is 1.17 bits per heavy atom. The van der Waals surface area contributed by atoms with Crippen molar-refractivity contribution in [1.29, 1.82) is 0 Å². The predicted molar refractivity (Wildman–Crippen MR) is 64.8 cm³/mol. The molecule has 0 fully saturated rings. The molecule has 0 aliphatic heterocycles. The normalized spacial score (nSPS) is 13.8. The van der Waals surface area contributed by atoms with Crippen LogP contribution in [0.5, 0.6) is 0 Å². The Hall–Kier alpha value is -0.280. The van der Waals surface area contributed by atoms with E-state index < -0.39 is 50.2 Å². The van der Waals surface area contributed by atoms with Gasteiger partial charge in [-0.1, -0.05) is 20.3 Å². The maximum absolute atomic E-state index is 9.75. The van der Waals surface area contributed by atoms with Crippen molar-refractivity contribution in [3.63, 3.8) is 0 Å². The topological polar surface area (TPSA) is 142 Å². The Balaban J connectivity index is 0. The van der Waals surface area contributed by atoms with Crippen LogP contribution in [0.4, 0.5) is 0 Å². The Morgan fingerprint density at radius 1 is 0.833 bits per heavy atom. The molecule has 0 aromatic rings. The maximum Gasteiger partial charge on any atom is 0.123 e. The molecule has 0 bridgehead atoms. The summed E-state index contributed by atoms with van der Waals surface area (Å²) in [5.74, 6) is 0. The van der Waals surface area contributed by atoms with Gasteiger partial charge in [-0.25, -0.2) is 0 Å². The molecule has 0 amide bonds. The average Bonchev–Trinajstić information content (AvgIpc) is 2.40. The second-order valence-corrected chi connectivity index (χ2v) is 4.23. The van der Waals surface area contributed by atoms with E-state index >= 15 is 0 Å². The van der Waals surface area contributed by atoms with Gasteiger partial charge in [0.15, 0.2) is 0 Å². The van der Waals surface area contributed by atoms with Gasteiger partial charge in [-0.15, -0.1) is 0 Å². The van der Waals surface area contributed by atoms with Gasteiger partial charge in [-0.05, 0) is 0 Å². The minimum absolute atomic E-state index is 0.830. The predicted octanol–water partition coefficient (Wildman–Crippen LogP) is -2.56. The summed E-state index contributed by atoms with van der Waals surface area (Å²) in [7, 11) is 0. The molecule has 1 unspecified atom stereocenters. The zero-order valence-electron chi connectivity index (χ0n) is 11.0. The molecule has 0 saturated heterocycles. The van der Waals surface area contributed by atoms with Crippen molar-refractivity contribution in [3.8, 4) is 0 Å². The summed E-state index contributed by atoms with van der Waals surface area (Å²) in [6, 6.07) is 0. The first kappa shape index (κ1) is 20.0. The fourth-order valence-corrected chi connectivity index (χ4v) is 1.40. The lowest BCUT2D eigenvalue weighted by Gasteiger charge is -2.45. The van der Waals surface area contributed by atoms with Crippen LogP contribution < -0.4 is 0 Å². The Bertz CT molecular complexity index is 190.